The van der Waals surface area contributed by atoms with Crippen molar-refractivity contribution in [3.8, 4) is 0 Å². The molecule has 88 valence electrons. The van der Waals surface area contributed by atoms with Gasteiger partial charge in [-0.3, -0.25) is 0 Å². The first-order valence-electron chi connectivity index (χ1n) is 5.52. The summed E-state index contributed by atoms with van der Waals surface area (Å²) in [5.74, 6) is 0.617. The highest BCUT2D eigenvalue weighted by Crippen LogP contribution is 2.30. The lowest BCUT2D eigenvalue weighted by Gasteiger charge is -2.12. The highest BCUT2D eigenvalue weighted by Gasteiger charge is 2.21. The maximum Gasteiger partial charge on any atom is 0.165 e. The van der Waals surface area contributed by atoms with E-state index in [-0.39, 0.29) is 18.6 Å². The molecule has 0 amide bonds. The van der Waals surface area contributed by atoms with Crippen LogP contribution in [-0.4, -0.2) is 31.2 Å². The number of hydrogen-bond donors (Lipinski definition) is 2. The van der Waals surface area contributed by atoms with Crippen molar-refractivity contribution in [3.63, 3.8) is 0 Å². The Morgan fingerprint density at radius 1 is 1.35 bits per heavy atom. The van der Waals surface area contributed by atoms with E-state index in [1.807, 2.05) is 10.6 Å². The first-order chi connectivity index (χ1) is 8.29. The minimum atomic E-state index is 0.177. The molecule has 2 aromatic rings. The molecule has 2 heterocycles. The molecule has 6 heteroatoms. The number of nitrogens with two attached hydrogens (primary N) is 1. The molecule has 1 aliphatic rings. The summed E-state index contributed by atoms with van der Waals surface area (Å²) in [4.78, 5) is 12.4. The quantitative estimate of drug-likeness (QED) is 0.735. The van der Waals surface area contributed by atoms with Gasteiger partial charge in [0.2, 0.25) is 0 Å². The first kappa shape index (κ1) is 10.2. The van der Waals surface area contributed by atoms with Crippen molar-refractivity contribution in [2.24, 2.45) is 5.92 Å². The molecule has 0 saturated heterocycles. The van der Waals surface area contributed by atoms with E-state index in [1.165, 1.54) is 6.33 Å². The maximum atomic E-state index is 9.12. The molecule has 2 aromatic heterocycles. The van der Waals surface area contributed by atoms with Crippen molar-refractivity contribution in [3.05, 3.63) is 24.8 Å². The van der Waals surface area contributed by atoms with E-state index in [0.29, 0.717) is 11.3 Å². The molecule has 0 fully saturated rings. The summed E-state index contributed by atoms with van der Waals surface area (Å²) in [6.07, 6.45) is 8.13. The average molecular weight is 231 g/mol. The fourth-order valence-corrected chi connectivity index (χ4v) is 2.21. The SMILES string of the molecule is Nc1ncnc2c1ncn2[C@@H]1C=C[C@H](CO)C1. The van der Waals surface area contributed by atoms with Crippen molar-refractivity contribution in [2.75, 3.05) is 12.3 Å². The third kappa shape index (κ3) is 1.57. The van der Waals surface area contributed by atoms with Gasteiger partial charge in [-0.2, -0.15) is 0 Å². The van der Waals surface area contributed by atoms with Crippen LogP contribution in [0.4, 0.5) is 5.82 Å². The lowest BCUT2D eigenvalue weighted by Crippen LogP contribution is -2.08. The Morgan fingerprint density at radius 2 is 2.24 bits per heavy atom. The molecule has 6 nitrogen and oxygen atoms in total. The summed E-state index contributed by atoms with van der Waals surface area (Å²) in [5.41, 5.74) is 7.11. The van der Waals surface area contributed by atoms with Gasteiger partial charge in [-0.05, 0) is 6.42 Å². The van der Waals surface area contributed by atoms with Crippen LogP contribution < -0.4 is 5.73 Å². The van der Waals surface area contributed by atoms with Crippen molar-refractivity contribution in [1.82, 2.24) is 19.5 Å². The smallest absolute Gasteiger partial charge is 0.165 e. The van der Waals surface area contributed by atoms with Crippen LogP contribution >= 0.6 is 0 Å². The van der Waals surface area contributed by atoms with Gasteiger partial charge in [-0.1, -0.05) is 12.2 Å². The van der Waals surface area contributed by atoms with E-state index < -0.39 is 0 Å². The zero-order chi connectivity index (χ0) is 11.8. The molecule has 0 saturated carbocycles. The number of rotatable bonds is 2. The number of aliphatic hydroxyl groups is 1. The standard InChI is InChI=1S/C11H13N5O/c12-10-9-11(14-5-13-10)16(6-15-9)8-2-1-7(3-8)4-17/h1-2,5-8,17H,3-4H2,(H2,12,13,14)/t7-,8+/m0/s1. The predicted molar refractivity (Wildman–Crippen MR) is 63.1 cm³/mol. The van der Waals surface area contributed by atoms with Crippen LogP contribution in [0.5, 0.6) is 0 Å². The number of aliphatic hydroxyl groups excluding tert-OH is 1. The van der Waals surface area contributed by atoms with E-state index in [1.54, 1.807) is 6.33 Å². The molecule has 0 unspecified atom stereocenters. The molecule has 0 aliphatic heterocycles. The average Bonchev–Trinajstić information content (AvgIpc) is 2.94. The summed E-state index contributed by atoms with van der Waals surface area (Å²) >= 11 is 0. The molecule has 2 atom stereocenters. The van der Waals surface area contributed by atoms with E-state index in [9.17, 15) is 0 Å². The van der Waals surface area contributed by atoms with Crippen LogP contribution in [-0.2, 0) is 0 Å². The van der Waals surface area contributed by atoms with Crippen LogP contribution in [0.3, 0.4) is 0 Å². The Hall–Kier alpha value is -1.95. The number of nitrogen functional groups attached to an aromatic ring is 1. The van der Waals surface area contributed by atoms with Crippen molar-refractivity contribution < 1.29 is 5.11 Å². The molecule has 0 bridgehead atoms. The Morgan fingerprint density at radius 3 is 3.00 bits per heavy atom. The van der Waals surface area contributed by atoms with Crippen LogP contribution in [0.1, 0.15) is 12.5 Å². The van der Waals surface area contributed by atoms with Gasteiger partial charge >= 0.3 is 0 Å². The summed E-state index contributed by atoms with van der Waals surface area (Å²) in [6.45, 7) is 0.177. The molecule has 3 rings (SSSR count). The van der Waals surface area contributed by atoms with Gasteiger partial charge in [0.25, 0.3) is 0 Å². The second-order valence-corrected chi connectivity index (χ2v) is 4.21. The third-order valence-electron chi connectivity index (χ3n) is 3.13. The number of hydrogen-bond acceptors (Lipinski definition) is 5. The summed E-state index contributed by atoms with van der Waals surface area (Å²) < 4.78 is 1.97. The molecular formula is C11H13N5O. The molecular weight excluding hydrogens is 218 g/mol. The predicted octanol–water partition coefficient (Wildman–Crippen LogP) is 0.518. The van der Waals surface area contributed by atoms with Crippen LogP contribution in [0.25, 0.3) is 11.2 Å². The zero-order valence-electron chi connectivity index (χ0n) is 9.19. The van der Waals surface area contributed by atoms with Gasteiger partial charge in [0, 0.05) is 12.5 Å². The Labute approximate surface area is 97.8 Å². The Bertz CT molecular complexity index is 576. The molecule has 3 N–H and O–H groups in total. The minimum Gasteiger partial charge on any atom is -0.396 e. The van der Waals surface area contributed by atoms with E-state index in [2.05, 4.69) is 21.0 Å². The lowest BCUT2D eigenvalue weighted by molar-refractivity contribution is 0.244. The highest BCUT2D eigenvalue weighted by atomic mass is 16.3. The van der Waals surface area contributed by atoms with Crippen molar-refractivity contribution >= 4 is 17.0 Å². The van der Waals surface area contributed by atoms with Crippen LogP contribution in [0.15, 0.2) is 24.8 Å². The molecule has 0 aromatic carbocycles. The van der Waals surface area contributed by atoms with Crippen LogP contribution in [0.2, 0.25) is 0 Å². The second kappa shape index (κ2) is 3.81. The third-order valence-corrected chi connectivity index (χ3v) is 3.13. The Balaban J connectivity index is 2.02. The van der Waals surface area contributed by atoms with Crippen molar-refractivity contribution in [1.29, 1.82) is 0 Å². The number of anilines is 1. The topological polar surface area (TPSA) is 89.9 Å². The summed E-state index contributed by atoms with van der Waals surface area (Å²) in [5, 5.41) is 9.12. The van der Waals surface area contributed by atoms with Crippen molar-refractivity contribution in [2.45, 2.75) is 12.5 Å². The van der Waals surface area contributed by atoms with Gasteiger partial charge in [-0.25, -0.2) is 15.0 Å². The number of allylic oxidation sites excluding steroid dienone is 1. The fraction of sp³-hybridized carbons (Fsp3) is 0.364. The monoisotopic (exact) mass is 231 g/mol. The lowest BCUT2D eigenvalue weighted by atomic mass is 10.1. The highest BCUT2D eigenvalue weighted by molar-refractivity contribution is 5.81. The first-order valence-corrected chi connectivity index (χ1v) is 5.52. The molecule has 1 aliphatic carbocycles. The number of aromatic nitrogens is 4. The minimum absolute atomic E-state index is 0.177. The van der Waals surface area contributed by atoms with E-state index in [0.717, 1.165) is 12.1 Å². The van der Waals surface area contributed by atoms with Gasteiger partial charge in [0.15, 0.2) is 11.5 Å². The summed E-state index contributed by atoms with van der Waals surface area (Å²) in [7, 11) is 0. The number of nitrogens with zero attached hydrogens (tertiary/aromatic N) is 4. The Kier molecular flexibility index (Phi) is 2.29. The fourth-order valence-electron chi connectivity index (χ4n) is 2.21. The van der Waals surface area contributed by atoms with Gasteiger partial charge < -0.3 is 15.4 Å². The second-order valence-electron chi connectivity index (χ2n) is 4.21. The summed E-state index contributed by atoms with van der Waals surface area (Å²) in [6, 6.07) is 0.187. The van der Waals surface area contributed by atoms with Gasteiger partial charge in [0.05, 0.1) is 12.4 Å². The van der Waals surface area contributed by atoms with Gasteiger partial charge in [-0.15, -0.1) is 0 Å². The number of imidazole rings is 1. The van der Waals surface area contributed by atoms with E-state index >= 15 is 0 Å². The molecule has 17 heavy (non-hydrogen) atoms. The number of fused-ring (bicyclic) bond motifs is 1. The zero-order valence-corrected chi connectivity index (χ0v) is 9.19. The van der Waals surface area contributed by atoms with Gasteiger partial charge in [0.1, 0.15) is 11.8 Å². The normalized spacial score (nSPS) is 23.6. The molecule has 0 spiro atoms. The van der Waals surface area contributed by atoms with E-state index in [4.69, 9.17) is 10.8 Å². The van der Waals surface area contributed by atoms with Crippen LogP contribution in [0, 0.1) is 5.92 Å². The maximum absolute atomic E-state index is 9.12. The molecule has 0 radical (unpaired) electrons. The largest absolute Gasteiger partial charge is 0.396 e.